The second kappa shape index (κ2) is 7.85. The largest absolute Gasteiger partial charge is 0.496 e. The van der Waals surface area contributed by atoms with Crippen molar-refractivity contribution in [2.75, 3.05) is 12.4 Å². The molecule has 0 fully saturated rings. The van der Waals surface area contributed by atoms with Crippen LogP contribution in [0.2, 0.25) is 5.02 Å². The Kier molecular flexibility index (Phi) is 5.82. The number of methoxy groups -OCH3 is 1. The number of hydrogen-bond donors (Lipinski definition) is 1. The Morgan fingerprint density at radius 1 is 1.28 bits per heavy atom. The van der Waals surface area contributed by atoms with E-state index in [4.69, 9.17) is 21.1 Å². The maximum atomic E-state index is 12.3. The molecule has 0 spiro atoms. The number of anilines is 1. The van der Waals surface area contributed by atoms with Crippen molar-refractivity contribution in [3.05, 3.63) is 57.1 Å². The normalized spacial score (nSPS) is 11.5. The zero-order valence-corrected chi connectivity index (χ0v) is 14.7. The van der Waals surface area contributed by atoms with E-state index in [1.165, 1.54) is 32.2 Å². The van der Waals surface area contributed by atoms with Crippen molar-refractivity contribution in [3.63, 3.8) is 0 Å². The van der Waals surface area contributed by atoms with Crippen LogP contribution >= 0.6 is 11.6 Å². The van der Waals surface area contributed by atoms with Crippen LogP contribution < -0.4 is 14.8 Å². The predicted molar refractivity (Wildman–Crippen MR) is 94.6 cm³/mol. The minimum Gasteiger partial charge on any atom is -0.496 e. The van der Waals surface area contributed by atoms with E-state index in [0.717, 1.165) is 5.56 Å². The third kappa shape index (κ3) is 4.60. The first-order valence-corrected chi connectivity index (χ1v) is 7.75. The molecule has 0 aliphatic carbocycles. The molecule has 0 unspecified atom stereocenters. The lowest BCUT2D eigenvalue weighted by molar-refractivity contribution is -0.386. The zero-order chi connectivity index (χ0) is 18.6. The number of carbonyl (C=O) groups excluding carboxylic acids is 1. The number of ether oxygens (including phenoxy) is 2. The van der Waals surface area contributed by atoms with E-state index in [0.29, 0.717) is 16.5 Å². The standard InChI is InChI=1S/C17H17ClN2O5/c1-10-4-5-12(18)8-14(10)19-17(21)11(2)25-16-7-6-13(24-3)9-15(16)20(22)23/h4-9,11H,1-3H3,(H,19,21)/t11-/m0/s1. The number of nitro benzene ring substituents is 1. The summed E-state index contributed by atoms with van der Waals surface area (Å²) in [5, 5.41) is 14.4. The SMILES string of the molecule is COc1ccc(O[C@@H](C)C(=O)Nc2cc(Cl)ccc2C)c([N+](=O)[O-])c1. The van der Waals surface area contributed by atoms with E-state index < -0.39 is 16.9 Å². The molecule has 2 aromatic rings. The Hall–Kier alpha value is -2.80. The molecule has 2 rings (SSSR count). The highest BCUT2D eigenvalue weighted by molar-refractivity contribution is 6.31. The molecule has 8 heteroatoms. The first-order valence-electron chi connectivity index (χ1n) is 7.38. The number of nitro groups is 1. The number of benzene rings is 2. The Morgan fingerprint density at radius 3 is 2.64 bits per heavy atom. The molecule has 0 radical (unpaired) electrons. The van der Waals surface area contributed by atoms with Gasteiger partial charge in [0.1, 0.15) is 5.75 Å². The van der Waals surface area contributed by atoms with E-state index in [9.17, 15) is 14.9 Å². The number of carbonyl (C=O) groups is 1. The van der Waals surface area contributed by atoms with Gasteiger partial charge in [-0.2, -0.15) is 0 Å². The smallest absolute Gasteiger partial charge is 0.314 e. The highest BCUT2D eigenvalue weighted by Gasteiger charge is 2.22. The number of amides is 1. The monoisotopic (exact) mass is 364 g/mol. The molecule has 25 heavy (non-hydrogen) atoms. The van der Waals surface area contributed by atoms with Crippen LogP contribution in [0.4, 0.5) is 11.4 Å². The molecule has 0 heterocycles. The van der Waals surface area contributed by atoms with E-state index in [2.05, 4.69) is 5.32 Å². The van der Waals surface area contributed by atoms with Crippen molar-refractivity contribution < 1.29 is 19.2 Å². The van der Waals surface area contributed by atoms with E-state index in [1.807, 2.05) is 6.92 Å². The minimum absolute atomic E-state index is 0.0173. The topological polar surface area (TPSA) is 90.7 Å². The number of halogens is 1. The van der Waals surface area contributed by atoms with Gasteiger partial charge in [0.15, 0.2) is 11.9 Å². The van der Waals surface area contributed by atoms with Gasteiger partial charge < -0.3 is 14.8 Å². The van der Waals surface area contributed by atoms with Gasteiger partial charge >= 0.3 is 5.69 Å². The van der Waals surface area contributed by atoms with Crippen molar-refractivity contribution in [1.29, 1.82) is 0 Å². The fraction of sp³-hybridized carbons (Fsp3) is 0.235. The van der Waals surface area contributed by atoms with Crippen LogP contribution in [0.25, 0.3) is 0 Å². The molecule has 132 valence electrons. The van der Waals surface area contributed by atoms with Crippen LogP contribution in [-0.2, 0) is 4.79 Å². The van der Waals surface area contributed by atoms with Crippen LogP contribution in [0.15, 0.2) is 36.4 Å². The summed E-state index contributed by atoms with van der Waals surface area (Å²) in [6.07, 6.45) is -0.953. The summed E-state index contributed by atoms with van der Waals surface area (Å²) in [6.45, 7) is 3.33. The summed E-state index contributed by atoms with van der Waals surface area (Å²) in [5.74, 6) is -0.141. The molecule has 0 aromatic heterocycles. The molecule has 1 amide bonds. The van der Waals surface area contributed by atoms with Gasteiger partial charge in [-0.05, 0) is 43.7 Å². The average Bonchev–Trinajstić information content (AvgIpc) is 2.58. The summed E-state index contributed by atoms with van der Waals surface area (Å²) in [4.78, 5) is 22.9. The quantitative estimate of drug-likeness (QED) is 0.618. The summed E-state index contributed by atoms with van der Waals surface area (Å²) in [6, 6.07) is 9.27. The first-order chi connectivity index (χ1) is 11.8. The van der Waals surface area contributed by atoms with Gasteiger partial charge in [-0.1, -0.05) is 17.7 Å². The van der Waals surface area contributed by atoms with Crippen molar-refractivity contribution >= 4 is 28.9 Å². The zero-order valence-electron chi connectivity index (χ0n) is 13.9. The number of hydrogen-bond acceptors (Lipinski definition) is 5. The Bertz CT molecular complexity index is 810. The van der Waals surface area contributed by atoms with Crippen LogP contribution in [0.1, 0.15) is 12.5 Å². The lowest BCUT2D eigenvalue weighted by Crippen LogP contribution is -2.30. The predicted octanol–water partition coefficient (Wildman–Crippen LogP) is 3.97. The van der Waals surface area contributed by atoms with Gasteiger partial charge in [0.25, 0.3) is 5.91 Å². The molecule has 2 aromatic carbocycles. The van der Waals surface area contributed by atoms with E-state index in [1.54, 1.807) is 18.2 Å². The number of nitrogens with zero attached hydrogens (tertiary/aromatic N) is 1. The van der Waals surface area contributed by atoms with E-state index >= 15 is 0 Å². The first kappa shape index (κ1) is 18.5. The van der Waals surface area contributed by atoms with Crippen LogP contribution in [0.3, 0.4) is 0 Å². The van der Waals surface area contributed by atoms with E-state index in [-0.39, 0.29) is 11.4 Å². The third-order valence-electron chi connectivity index (χ3n) is 3.49. The minimum atomic E-state index is -0.953. The highest BCUT2D eigenvalue weighted by Crippen LogP contribution is 2.32. The van der Waals surface area contributed by atoms with Crippen molar-refractivity contribution in [2.24, 2.45) is 0 Å². The third-order valence-corrected chi connectivity index (χ3v) is 3.73. The van der Waals surface area contributed by atoms with Gasteiger partial charge in [0.05, 0.1) is 18.1 Å². The van der Waals surface area contributed by atoms with Gasteiger partial charge in [0, 0.05) is 10.7 Å². The molecule has 0 saturated carbocycles. The number of rotatable bonds is 6. The molecule has 0 aliphatic heterocycles. The Labute approximate surface area is 149 Å². The van der Waals surface area contributed by atoms with Gasteiger partial charge in [-0.25, -0.2) is 0 Å². The summed E-state index contributed by atoms with van der Waals surface area (Å²) in [7, 11) is 1.41. The molecular weight excluding hydrogens is 348 g/mol. The molecular formula is C17H17ClN2O5. The molecule has 0 bridgehead atoms. The molecule has 0 saturated heterocycles. The van der Waals surface area contributed by atoms with Crippen molar-refractivity contribution in [3.8, 4) is 11.5 Å². The maximum Gasteiger partial charge on any atom is 0.314 e. The Morgan fingerprint density at radius 2 is 2.00 bits per heavy atom. The second-order valence-corrected chi connectivity index (χ2v) is 5.74. The van der Waals surface area contributed by atoms with Crippen LogP contribution in [0.5, 0.6) is 11.5 Å². The molecule has 1 N–H and O–H groups in total. The molecule has 1 atom stereocenters. The van der Waals surface area contributed by atoms with Gasteiger partial charge in [0.2, 0.25) is 0 Å². The fourth-order valence-electron chi connectivity index (χ4n) is 2.07. The van der Waals surface area contributed by atoms with Crippen LogP contribution in [-0.4, -0.2) is 24.0 Å². The molecule has 7 nitrogen and oxygen atoms in total. The summed E-state index contributed by atoms with van der Waals surface area (Å²) in [5.41, 5.74) is 1.11. The fourth-order valence-corrected chi connectivity index (χ4v) is 2.25. The lowest BCUT2D eigenvalue weighted by Gasteiger charge is -2.16. The Balaban J connectivity index is 2.16. The lowest BCUT2D eigenvalue weighted by atomic mass is 10.2. The van der Waals surface area contributed by atoms with Crippen molar-refractivity contribution in [2.45, 2.75) is 20.0 Å². The summed E-state index contributed by atoms with van der Waals surface area (Å²) < 4.78 is 10.4. The van der Waals surface area contributed by atoms with Gasteiger partial charge in [-0.15, -0.1) is 0 Å². The average molecular weight is 365 g/mol. The van der Waals surface area contributed by atoms with Crippen molar-refractivity contribution in [1.82, 2.24) is 0 Å². The molecule has 0 aliphatic rings. The second-order valence-electron chi connectivity index (χ2n) is 5.30. The number of aryl methyl sites for hydroxylation is 1. The highest BCUT2D eigenvalue weighted by atomic mass is 35.5. The summed E-state index contributed by atoms with van der Waals surface area (Å²) >= 11 is 5.92. The number of nitrogens with one attached hydrogen (secondary N) is 1. The van der Waals surface area contributed by atoms with Gasteiger partial charge in [-0.3, -0.25) is 14.9 Å². The maximum absolute atomic E-state index is 12.3. The van der Waals surface area contributed by atoms with Crippen LogP contribution in [0, 0.1) is 17.0 Å².